The number of oxazole rings is 1. The zero-order valence-electron chi connectivity index (χ0n) is 15.0. The monoisotopic (exact) mass is 348 g/mol. The maximum absolute atomic E-state index is 5.83. The van der Waals surface area contributed by atoms with Crippen LogP contribution in [0.2, 0.25) is 0 Å². The molecule has 1 unspecified atom stereocenters. The van der Waals surface area contributed by atoms with Gasteiger partial charge in [-0.3, -0.25) is 0 Å². The van der Waals surface area contributed by atoms with Crippen LogP contribution in [0.25, 0.3) is 22.6 Å². The summed E-state index contributed by atoms with van der Waals surface area (Å²) < 4.78 is 11.5. The molecule has 1 N–H and O–H groups in total. The number of fused-ring (bicyclic) bond motifs is 1. The summed E-state index contributed by atoms with van der Waals surface area (Å²) in [7, 11) is 0. The Morgan fingerprint density at radius 2 is 1.85 bits per heavy atom. The van der Waals surface area contributed by atoms with E-state index < -0.39 is 0 Å². The van der Waals surface area contributed by atoms with Crippen molar-refractivity contribution in [3.05, 3.63) is 59.8 Å². The van der Waals surface area contributed by atoms with E-state index >= 15 is 0 Å². The van der Waals surface area contributed by atoms with Crippen LogP contribution in [-0.4, -0.2) is 15.2 Å². The average molecular weight is 348 g/mol. The minimum atomic E-state index is -0.128. The lowest BCUT2D eigenvalue weighted by Gasteiger charge is -2.10. The molecule has 2 heterocycles. The summed E-state index contributed by atoms with van der Waals surface area (Å²) in [6.07, 6.45) is 0.775. The van der Waals surface area contributed by atoms with Gasteiger partial charge >= 0.3 is 0 Å². The molecule has 0 spiro atoms. The largest absolute Gasteiger partial charge is 0.441 e. The Kier molecular flexibility index (Phi) is 4.16. The standard InChI is InChI=1S/C20H20N4O2/c1-4-18-22-16-11-15(9-10-17(16)25-18)21-13(3)19-23-24-20(26-19)14-7-5-12(2)6-8-14/h5-11,13,21H,4H2,1-3H3. The lowest BCUT2D eigenvalue weighted by atomic mass is 10.1. The molecule has 26 heavy (non-hydrogen) atoms. The van der Waals surface area contributed by atoms with Crippen LogP contribution in [0.1, 0.15) is 37.2 Å². The van der Waals surface area contributed by atoms with Crippen LogP contribution >= 0.6 is 0 Å². The minimum Gasteiger partial charge on any atom is -0.441 e. The number of benzene rings is 2. The zero-order valence-corrected chi connectivity index (χ0v) is 15.0. The molecule has 0 aliphatic heterocycles. The summed E-state index contributed by atoms with van der Waals surface area (Å²) in [5.74, 6) is 1.80. The van der Waals surface area contributed by atoms with Crippen molar-refractivity contribution in [1.82, 2.24) is 15.2 Å². The van der Waals surface area contributed by atoms with Crippen molar-refractivity contribution in [3.8, 4) is 11.5 Å². The van der Waals surface area contributed by atoms with Crippen molar-refractivity contribution < 1.29 is 8.83 Å². The Balaban J connectivity index is 1.53. The molecule has 4 rings (SSSR count). The summed E-state index contributed by atoms with van der Waals surface area (Å²) in [5, 5.41) is 11.7. The van der Waals surface area contributed by atoms with E-state index in [-0.39, 0.29) is 6.04 Å². The molecule has 0 aliphatic rings. The maximum atomic E-state index is 5.83. The van der Waals surface area contributed by atoms with Gasteiger partial charge in [0.25, 0.3) is 0 Å². The van der Waals surface area contributed by atoms with Crippen LogP contribution in [0.3, 0.4) is 0 Å². The maximum Gasteiger partial charge on any atom is 0.247 e. The van der Waals surface area contributed by atoms with Crippen LogP contribution in [0.4, 0.5) is 5.69 Å². The van der Waals surface area contributed by atoms with Crippen LogP contribution < -0.4 is 5.32 Å². The van der Waals surface area contributed by atoms with Crippen molar-refractivity contribution in [3.63, 3.8) is 0 Å². The van der Waals surface area contributed by atoms with Gasteiger partial charge in [0, 0.05) is 17.7 Å². The van der Waals surface area contributed by atoms with E-state index in [1.54, 1.807) is 0 Å². The molecule has 0 saturated carbocycles. The average Bonchev–Trinajstić information content (AvgIpc) is 3.29. The number of anilines is 1. The van der Waals surface area contributed by atoms with Crippen LogP contribution in [0.15, 0.2) is 51.3 Å². The van der Waals surface area contributed by atoms with E-state index in [4.69, 9.17) is 8.83 Å². The molecule has 6 nitrogen and oxygen atoms in total. The second-order valence-electron chi connectivity index (χ2n) is 6.32. The number of nitrogens with one attached hydrogen (secondary N) is 1. The third-order valence-corrected chi connectivity index (χ3v) is 4.23. The highest BCUT2D eigenvalue weighted by Gasteiger charge is 2.15. The molecule has 132 valence electrons. The van der Waals surface area contributed by atoms with Crippen molar-refractivity contribution in [2.75, 3.05) is 5.32 Å². The minimum absolute atomic E-state index is 0.128. The van der Waals surface area contributed by atoms with Gasteiger partial charge in [-0.05, 0) is 44.2 Å². The molecule has 0 fully saturated rings. The summed E-state index contributed by atoms with van der Waals surface area (Å²) >= 11 is 0. The van der Waals surface area contributed by atoms with Gasteiger partial charge in [-0.1, -0.05) is 24.6 Å². The first-order chi connectivity index (χ1) is 12.6. The van der Waals surface area contributed by atoms with E-state index in [9.17, 15) is 0 Å². The highest BCUT2D eigenvalue weighted by atomic mass is 16.4. The van der Waals surface area contributed by atoms with Gasteiger partial charge in [0.15, 0.2) is 11.5 Å². The van der Waals surface area contributed by atoms with Gasteiger partial charge in [-0.25, -0.2) is 4.98 Å². The number of aromatic nitrogens is 3. The predicted octanol–water partition coefficient (Wildman–Crippen LogP) is 4.92. The molecule has 0 aliphatic carbocycles. The van der Waals surface area contributed by atoms with Crippen molar-refractivity contribution in [1.29, 1.82) is 0 Å². The third kappa shape index (κ3) is 3.18. The molecular weight excluding hydrogens is 328 g/mol. The highest BCUT2D eigenvalue weighted by molar-refractivity contribution is 5.77. The number of nitrogens with zero attached hydrogens (tertiary/aromatic N) is 3. The van der Waals surface area contributed by atoms with E-state index in [0.717, 1.165) is 34.7 Å². The number of rotatable bonds is 5. The molecule has 4 aromatic rings. The number of hydrogen-bond donors (Lipinski definition) is 1. The SMILES string of the molecule is CCc1nc2cc(NC(C)c3nnc(-c4ccc(C)cc4)o3)ccc2o1. The molecule has 2 aromatic heterocycles. The number of aryl methyl sites for hydroxylation is 2. The van der Waals surface area contributed by atoms with Gasteiger partial charge in [-0.15, -0.1) is 10.2 Å². The normalized spacial score (nSPS) is 12.4. The predicted molar refractivity (Wildman–Crippen MR) is 99.9 cm³/mol. The lowest BCUT2D eigenvalue weighted by molar-refractivity contribution is 0.485. The fourth-order valence-corrected chi connectivity index (χ4v) is 2.75. The second kappa shape index (κ2) is 6.63. The Hall–Kier alpha value is -3.15. The van der Waals surface area contributed by atoms with Crippen molar-refractivity contribution >= 4 is 16.8 Å². The molecule has 0 amide bonds. The smallest absolute Gasteiger partial charge is 0.247 e. The number of hydrogen-bond acceptors (Lipinski definition) is 6. The van der Waals surface area contributed by atoms with Crippen molar-refractivity contribution in [2.45, 2.75) is 33.2 Å². The van der Waals surface area contributed by atoms with E-state index in [2.05, 4.69) is 20.5 Å². The fourth-order valence-electron chi connectivity index (χ4n) is 2.75. The van der Waals surface area contributed by atoms with Gasteiger partial charge in [0.2, 0.25) is 11.8 Å². The Bertz CT molecular complexity index is 1030. The van der Waals surface area contributed by atoms with Gasteiger partial charge < -0.3 is 14.2 Å². The van der Waals surface area contributed by atoms with Gasteiger partial charge in [-0.2, -0.15) is 0 Å². The molecule has 2 aromatic carbocycles. The highest BCUT2D eigenvalue weighted by Crippen LogP contribution is 2.25. The molecule has 1 atom stereocenters. The van der Waals surface area contributed by atoms with E-state index in [1.165, 1.54) is 5.56 Å². The topological polar surface area (TPSA) is 77.0 Å². The van der Waals surface area contributed by atoms with Crippen LogP contribution in [0.5, 0.6) is 0 Å². The van der Waals surface area contributed by atoms with E-state index in [0.29, 0.717) is 11.8 Å². The molecule has 6 heteroatoms. The Morgan fingerprint density at radius 3 is 2.62 bits per heavy atom. The third-order valence-electron chi connectivity index (χ3n) is 4.23. The second-order valence-corrected chi connectivity index (χ2v) is 6.32. The lowest BCUT2D eigenvalue weighted by Crippen LogP contribution is -2.06. The quantitative estimate of drug-likeness (QED) is 0.551. The first-order valence-corrected chi connectivity index (χ1v) is 8.69. The summed E-state index contributed by atoms with van der Waals surface area (Å²) in [4.78, 5) is 4.46. The van der Waals surface area contributed by atoms with Crippen LogP contribution in [0, 0.1) is 6.92 Å². The first-order valence-electron chi connectivity index (χ1n) is 8.69. The Labute approximate surface area is 151 Å². The fraction of sp³-hybridized carbons (Fsp3) is 0.250. The van der Waals surface area contributed by atoms with Crippen molar-refractivity contribution in [2.24, 2.45) is 0 Å². The summed E-state index contributed by atoms with van der Waals surface area (Å²) in [5.41, 5.74) is 4.66. The van der Waals surface area contributed by atoms with E-state index in [1.807, 2.05) is 63.2 Å². The van der Waals surface area contributed by atoms with Gasteiger partial charge in [0.1, 0.15) is 11.6 Å². The van der Waals surface area contributed by atoms with Gasteiger partial charge in [0.05, 0.1) is 0 Å². The molecule has 0 bridgehead atoms. The summed E-state index contributed by atoms with van der Waals surface area (Å²) in [6, 6.07) is 13.7. The summed E-state index contributed by atoms with van der Waals surface area (Å²) in [6.45, 7) is 6.05. The Morgan fingerprint density at radius 1 is 1.04 bits per heavy atom. The molecular formula is C20H20N4O2. The molecule has 0 radical (unpaired) electrons. The zero-order chi connectivity index (χ0) is 18.1. The van der Waals surface area contributed by atoms with Crippen LogP contribution in [-0.2, 0) is 6.42 Å². The first kappa shape index (κ1) is 16.3. The molecule has 0 saturated heterocycles.